The fourth-order valence-electron chi connectivity index (χ4n) is 1.90. The van der Waals surface area contributed by atoms with E-state index >= 15 is 0 Å². The van der Waals surface area contributed by atoms with Gasteiger partial charge in [-0.05, 0) is 48.2 Å². The molecule has 0 fully saturated rings. The molecule has 0 bridgehead atoms. The molecule has 0 saturated carbocycles. The van der Waals surface area contributed by atoms with Gasteiger partial charge >= 0.3 is 0 Å². The Morgan fingerprint density at radius 1 is 0.765 bits per heavy atom. The molecule has 0 atom stereocenters. The average molecular weight is 225 g/mol. The predicted octanol–water partition coefficient (Wildman–Crippen LogP) is 4.56. The molecule has 2 aromatic carbocycles. The lowest BCUT2D eigenvalue weighted by molar-refractivity contribution is 1.14. The maximum absolute atomic E-state index is 3.45. The summed E-state index contributed by atoms with van der Waals surface area (Å²) in [5, 5.41) is 3.45. The fourth-order valence-corrected chi connectivity index (χ4v) is 1.90. The van der Waals surface area contributed by atoms with Crippen molar-refractivity contribution in [3.63, 3.8) is 0 Å². The lowest BCUT2D eigenvalue weighted by Gasteiger charge is -2.09. The molecule has 0 aliphatic carbocycles. The molecule has 1 nitrogen and oxygen atoms in total. The molecule has 1 N–H and O–H groups in total. The van der Waals surface area contributed by atoms with Crippen LogP contribution in [0.25, 0.3) is 0 Å². The van der Waals surface area contributed by atoms with Crippen molar-refractivity contribution in [1.82, 2.24) is 0 Å². The normalized spacial score (nSPS) is 10.2. The molecule has 0 unspecified atom stereocenters. The van der Waals surface area contributed by atoms with E-state index in [1.165, 1.54) is 11.1 Å². The molecular weight excluding hydrogens is 206 g/mol. The quantitative estimate of drug-likeness (QED) is 0.804. The summed E-state index contributed by atoms with van der Waals surface area (Å²) in [5.41, 5.74) is 5.05. The molecule has 0 amide bonds. The van der Waals surface area contributed by atoms with Crippen LogP contribution in [0.1, 0.15) is 25.0 Å². The summed E-state index contributed by atoms with van der Waals surface area (Å²) >= 11 is 0. The highest BCUT2D eigenvalue weighted by molar-refractivity contribution is 5.60. The smallest absolute Gasteiger partial charge is 0.0386 e. The molecule has 17 heavy (non-hydrogen) atoms. The molecule has 2 rings (SSSR count). The van der Waals surface area contributed by atoms with Crippen molar-refractivity contribution in [2.24, 2.45) is 0 Å². The Labute approximate surface area is 103 Å². The van der Waals surface area contributed by atoms with E-state index in [2.05, 4.69) is 67.7 Å². The van der Waals surface area contributed by atoms with Crippen LogP contribution in [0.15, 0.2) is 48.5 Å². The second-order valence-corrected chi connectivity index (χ2v) is 4.23. The Morgan fingerprint density at radius 2 is 1.24 bits per heavy atom. The maximum atomic E-state index is 3.45. The zero-order valence-electron chi connectivity index (χ0n) is 10.5. The predicted molar refractivity (Wildman–Crippen MR) is 74.9 cm³/mol. The topological polar surface area (TPSA) is 12.0 Å². The number of hydrogen-bond acceptors (Lipinski definition) is 1. The van der Waals surface area contributed by atoms with Gasteiger partial charge in [-0.2, -0.15) is 0 Å². The summed E-state index contributed by atoms with van der Waals surface area (Å²) < 4.78 is 0. The summed E-state index contributed by atoms with van der Waals surface area (Å²) in [6.07, 6.45) is 2.15. The molecule has 88 valence electrons. The zero-order chi connectivity index (χ0) is 12.1. The summed E-state index contributed by atoms with van der Waals surface area (Å²) in [6, 6.07) is 17.2. The second-order valence-electron chi connectivity index (χ2n) is 4.23. The van der Waals surface area contributed by atoms with E-state index in [9.17, 15) is 0 Å². The third-order valence-electron chi connectivity index (χ3n) is 2.96. The van der Waals surface area contributed by atoms with E-state index in [0.717, 1.165) is 24.2 Å². The number of rotatable bonds is 4. The Kier molecular flexibility index (Phi) is 3.81. The first-order valence-corrected chi connectivity index (χ1v) is 6.26. The minimum atomic E-state index is 1.07. The van der Waals surface area contributed by atoms with Gasteiger partial charge in [0.15, 0.2) is 0 Å². The molecule has 0 aromatic heterocycles. The van der Waals surface area contributed by atoms with Gasteiger partial charge in [0.05, 0.1) is 0 Å². The first-order chi connectivity index (χ1) is 8.31. The number of hydrogen-bond donors (Lipinski definition) is 1. The van der Waals surface area contributed by atoms with Crippen LogP contribution >= 0.6 is 0 Å². The van der Waals surface area contributed by atoms with E-state index in [4.69, 9.17) is 0 Å². The molecule has 0 radical (unpaired) electrons. The molecule has 1 heteroatoms. The minimum absolute atomic E-state index is 1.07. The van der Waals surface area contributed by atoms with Crippen LogP contribution in [0, 0.1) is 0 Å². The molecule has 0 aliphatic heterocycles. The van der Waals surface area contributed by atoms with Crippen LogP contribution < -0.4 is 5.32 Å². The van der Waals surface area contributed by atoms with Gasteiger partial charge < -0.3 is 5.32 Å². The standard InChI is InChI=1S/C16H19N/c1-3-13-7-5-9-15(11-13)17-16-10-6-8-14(4-2)12-16/h5-12,17H,3-4H2,1-2H3. The van der Waals surface area contributed by atoms with Crippen molar-refractivity contribution in [1.29, 1.82) is 0 Å². The first-order valence-electron chi connectivity index (χ1n) is 6.26. The van der Waals surface area contributed by atoms with Crippen LogP contribution in [0.4, 0.5) is 11.4 Å². The van der Waals surface area contributed by atoms with Gasteiger partial charge in [-0.15, -0.1) is 0 Å². The van der Waals surface area contributed by atoms with Crippen LogP contribution in [0.5, 0.6) is 0 Å². The fraction of sp³-hybridized carbons (Fsp3) is 0.250. The summed E-state index contributed by atoms with van der Waals surface area (Å²) in [5.74, 6) is 0. The first kappa shape index (κ1) is 11.7. The highest BCUT2D eigenvalue weighted by Crippen LogP contribution is 2.19. The highest BCUT2D eigenvalue weighted by Gasteiger charge is 1.97. The number of aryl methyl sites for hydroxylation is 2. The molecule has 0 saturated heterocycles. The van der Waals surface area contributed by atoms with E-state index in [-0.39, 0.29) is 0 Å². The van der Waals surface area contributed by atoms with Crippen LogP contribution in [0.3, 0.4) is 0 Å². The number of nitrogens with one attached hydrogen (secondary N) is 1. The van der Waals surface area contributed by atoms with E-state index in [1.54, 1.807) is 0 Å². The van der Waals surface area contributed by atoms with Gasteiger partial charge in [0.25, 0.3) is 0 Å². The van der Waals surface area contributed by atoms with Crippen molar-refractivity contribution in [3.8, 4) is 0 Å². The van der Waals surface area contributed by atoms with Gasteiger partial charge in [0.1, 0.15) is 0 Å². The van der Waals surface area contributed by atoms with Crippen molar-refractivity contribution < 1.29 is 0 Å². The van der Waals surface area contributed by atoms with E-state index < -0.39 is 0 Å². The summed E-state index contributed by atoms with van der Waals surface area (Å²) in [4.78, 5) is 0. The minimum Gasteiger partial charge on any atom is -0.356 e. The van der Waals surface area contributed by atoms with Crippen molar-refractivity contribution >= 4 is 11.4 Å². The van der Waals surface area contributed by atoms with E-state index in [1.807, 2.05) is 0 Å². The molecule has 0 aliphatic rings. The highest BCUT2D eigenvalue weighted by atomic mass is 14.9. The van der Waals surface area contributed by atoms with Gasteiger partial charge in [0.2, 0.25) is 0 Å². The van der Waals surface area contributed by atoms with Crippen LogP contribution in [0.2, 0.25) is 0 Å². The molecule has 0 heterocycles. The van der Waals surface area contributed by atoms with Gasteiger partial charge in [0, 0.05) is 11.4 Å². The lowest BCUT2D eigenvalue weighted by atomic mass is 10.1. The zero-order valence-corrected chi connectivity index (χ0v) is 10.5. The monoisotopic (exact) mass is 225 g/mol. The third kappa shape index (κ3) is 3.10. The summed E-state index contributed by atoms with van der Waals surface area (Å²) in [6.45, 7) is 4.35. The Bertz CT molecular complexity index is 443. The van der Waals surface area contributed by atoms with Gasteiger partial charge in [-0.1, -0.05) is 38.1 Å². The average Bonchev–Trinajstić information content (AvgIpc) is 2.39. The van der Waals surface area contributed by atoms with E-state index in [0.29, 0.717) is 0 Å². The Hall–Kier alpha value is -1.76. The SMILES string of the molecule is CCc1cccc(Nc2cccc(CC)c2)c1. The molecule has 0 spiro atoms. The van der Waals surface area contributed by atoms with Crippen molar-refractivity contribution in [2.75, 3.05) is 5.32 Å². The lowest BCUT2D eigenvalue weighted by Crippen LogP contribution is -1.92. The van der Waals surface area contributed by atoms with Crippen LogP contribution in [-0.4, -0.2) is 0 Å². The Balaban J connectivity index is 2.18. The Morgan fingerprint density at radius 3 is 1.65 bits per heavy atom. The van der Waals surface area contributed by atoms with Gasteiger partial charge in [-0.3, -0.25) is 0 Å². The van der Waals surface area contributed by atoms with Gasteiger partial charge in [-0.25, -0.2) is 0 Å². The van der Waals surface area contributed by atoms with Crippen molar-refractivity contribution in [2.45, 2.75) is 26.7 Å². The van der Waals surface area contributed by atoms with Crippen molar-refractivity contribution in [3.05, 3.63) is 59.7 Å². The summed E-state index contributed by atoms with van der Waals surface area (Å²) in [7, 11) is 0. The van der Waals surface area contributed by atoms with Crippen LogP contribution in [-0.2, 0) is 12.8 Å². The third-order valence-corrected chi connectivity index (χ3v) is 2.96. The second kappa shape index (κ2) is 5.53. The molecule has 2 aromatic rings. The maximum Gasteiger partial charge on any atom is 0.0386 e. The number of anilines is 2. The number of benzene rings is 2. The largest absolute Gasteiger partial charge is 0.356 e. The molecular formula is C16H19N.